The maximum absolute atomic E-state index is 12.5. The summed E-state index contributed by atoms with van der Waals surface area (Å²) < 4.78 is 42.6. The Morgan fingerprint density at radius 2 is 1.89 bits per heavy atom. The summed E-state index contributed by atoms with van der Waals surface area (Å²) in [6.07, 6.45) is -2.73. The molecule has 0 unspecified atom stereocenters. The normalized spacial score (nSPS) is 11.9. The maximum atomic E-state index is 12.5. The second kappa shape index (κ2) is 6.09. The third-order valence-corrected chi connectivity index (χ3v) is 2.67. The molecular weight excluding hydrogens is 243 g/mol. The fourth-order valence-electron chi connectivity index (χ4n) is 1.71. The van der Waals surface area contributed by atoms with Gasteiger partial charge >= 0.3 is 6.18 Å². The highest BCUT2D eigenvalue weighted by atomic mass is 19.4. The minimum absolute atomic E-state index is 0.309. The van der Waals surface area contributed by atoms with E-state index in [-0.39, 0.29) is 0 Å². The van der Waals surface area contributed by atoms with Crippen LogP contribution in [0.2, 0.25) is 0 Å². The molecule has 0 amide bonds. The number of aryl methyl sites for hydroxylation is 1. The van der Waals surface area contributed by atoms with Gasteiger partial charge in [0, 0.05) is 0 Å². The average molecular weight is 261 g/mol. The molecule has 2 nitrogen and oxygen atoms in total. The van der Waals surface area contributed by atoms with Crippen LogP contribution in [0.3, 0.4) is 0 Å². The Kier molecular flexibility index (Phi) is 5.02. The highest BCUT2D eigenvalue weighted by Gasteiger charge is 2.31. The van der Waals surface area contributed by atoms with Crippen molar-refractivity contribution >= 4 is 0 Å². The van der Waals surface area contributed by atoms with Gasteiger partial charge in [0.15, 0.2) is 0 Å². The fourth-order valence-corrected chi connectivity index (χ4v) is 1.71. The van der Waals surface area contributed by atoms with E-state index in [1.807, 2.05) is 19.0 Å². The van der Waals surface area contributed by atoms with Crippen molar-refractivity contribution in [2.24, 2.45) is 0 Å². The van der Waals surface area contributed by atoms with E-state index in [1.54, 1.807) is 0 Å². The van der Waals surface area contributed by atoms with Crippen LogP contribution < -0.4 is 4.74 Å². The summed E-state index contributed by atoms with van der Waals surface area (Å²) in [7, 11) is 5.32. The standard InChI is InChI=1S/C13H18F3NO/c1-17(2)8-4-5-10-6-7-11(13(14,15)16)9-12(10)18-3/h6-7,9H,4-5,8H2,1-3H3. The molecule has 0 saturated carbocycles. The molecule has 5 heteroatoms. The predicted octanol–water partition coefficient (Wildman–Crippen LogP) is 3.21. The Labute approximate surface area is 105 Å². The van der Waals surface area contributed by atoms with Crippen LogP contribution in [0.15, 0.2) is 18.2 Å². The third-order valence-electron chi connectivity index (χ3n) is 2.67. The molecule has 0 fully saturated rings. The summed E-state index contributed by atoms with van der Waals surface area (Å²) in [5.74, 6) is 0.309. The van der Waals surface area contributed by atoms with Gasteiger partial charge in [0.2, 0.25) is 0 Å². The number of methoxy groups -OCH3 is 1. The SMILES string of the molecule is COc1cc(C(F)(F)F)ccc1CCCN(C)C. The molecule has 0 spiro atoms. The lowest BCUT2D eigenvalue weighted by atomic mass is 10.1. The highest BCUT2D eigenvalue weighted by Crippen LogP contribution is 2.33. The zero-order valence-corrected chi connectivity index (χ0v) is 10.8. The van der Waals surface area contributed by atoms with Crippen LogP contribution in [0.25, 0.3) is 0 Å². The molecule has 0 bridgehead atoms. The van der Waals surface area contributed by atoms with E-state index in [0.29, 0.717) is 12.2 Å². The number of rotatable bonds is 5. The van der Waals surface area contributed by atoms with Crippen LogP contribution in [-0.4, -0.2) is 32.6 Å². The van der Waals surface area contributed by atoms with E-state index < -0.39 is 11.7 Å². The summed E-state index contributed by atoms with van der Waals surface area (Å²) >= 11 is 0. The monoisotopic (exact) mass is 261 g/mol. The van der Waals surface area contributed by atoms with Crippen molar-refractivity contribution in [1.82, 2.24) is 4.90 Å². The van der Waals surface area contributed by atoms with Crippen LogP contribution in [-0.2, 0) is 12.6 Å². The number of hydrogen-bond donors (Lipinski definition) is 0. The number of ether oxygens (including phenoxy) is 1. The summed E-state index contributed by atoms with van der Waals surface area (Å²) in [6.45, 7) is 0.893. The number of nitrogens with zero attached hydrogens (tertiary/aromatic N) is 1. The van der Waals surface area contributed by atoms with Crippen LogP contribution in [0.4, 0.5) is 13.2 Å². The molecule has 0 aliphatic carbocycles. The van der Waals surface area contributed by atoms with Crippen molar-refractivity contribution in [2.45, 2.75) is 19.0 Å². The van der Waals surface area contributed by atoms with Gasteiger partial charge in [0.05, 0.1) is 12.7 Å². The number of benzene rings is 1. The lowest BCUT2D eigenvalue weighted by Gasteiger charge is -2.14. The van der Waals surface area contributed by atoms with Crippen molar-refractivity contribution in [2.75, 3.05) is 27.7 Å². The number of halogens is 3. The Hall–Kier alpha value is -1.23. The largest absolute Gasteiger partial charge is 0.496 e. The van der Waals surface area contributed by atoms with Crippen molar-refractivity contribution in [3.63, 3.8) is 0 Å². The summed E-state index contributed by atoms with van der Waals surface area (Å²) in [6, 6.07) is 3.66. The van der Waals surface area contributed by atoms with Gasteiger partial charge in [0.25, 0.3) is 0 Å². The fraction of sp³-hybridized carbons (Fsp3) is 0.538. The number of alkyl halides is 3. The molecule has 1 rings (SSSR count). The first-order chi connectivity index (χ1) is 8.34. The van der Waals surface area contributed by atoms with Gasteiger partial charge in [-0.3, -0.25) is 0 Å². The van der Waals surface area contributed by atoms with E-state index in [9.17, 15) is 13.2 Å². The first kappa shape index (κ1) is 14.8. The van der Waals surface area contributed by atoms with Gasteiger partial charge in [-0.2, -0.15) is 13.2 Å². The average Bonchev–Trinajstić information content (AvgIpc) is 2.27. The van der Waals surface area contributed by atoms with Gasteiger partial charge in [-0.1, -0.05) is 6.07 Å². The molecule has 18 heavy (non-hydrogen) atoms. The van der Waals surface area contributed by atoms with Gasteiger partial charge in [0.1, 0.15) is 5.75 Å². The van der Waals surface area contributed by atoms with Crippen molar-refractivity contribution in [3.05, 3.63) is 29.3 Å². The van der Waals surface area contributed by atoms with Crippen molar-refractivity contribution in [1.29, 1.82) is 0 Å². The maximum Gasteiger partial charge on any atom is 0.416 e. The van der Waals surface area contributed by atoms with E-state index in [4.69, 9.17) is 4.74 Å². The molecule has 0 atom stereocenters. The molecule has 0 heterocycles. The molecular formula is C13H18F3NO. The van der Waals surface area contributed by atoms with Crippen molar-refractivity contribution in [3.8, 4) is 5.75 Å². The van der Waals surface area contributed by atoms with Gasteiger partial charge in [-0.25, -0.2) is 0 Å². The van der Waals surface area contributed by atoms with Crippen LogP contribution >= 0.6 is 0 Å². The highest BCUT2D eigenvalue weighted by molar-refractivity contribution is 5.38. The molecule has 0 aliphatic rings. The minimum atomic E-state index is -4.32. The van der Waals surface area contributed by atoms with E-state index in [0.717, 1.165) is 30.7 Å². The zero-order chi connectivity index (χ0) is 13.8. The third kappa shape index (κ3) is 4.22. The molecule has 0 aliphatic heterocycles. The Bertz CT molecular complexity index is 388. The lowest BCUT2D eigenvalue weighted by molar-refractivity contribution is -0.137. The van der Waals surface area contributed by atoms with Gasteiger partial charge in [-0.15, -0.1) is 0 Å². The predicted molar refractivity (Wildman–Crippen MR) is 64.9 cm³/mol. The van der Waals surface area contributed by atoms with E-state index in [1.165, 1.54) is 13.2 Å². The first-order valence-corrected chi connectivity index (χ1v) is 5.73. The van der Waals surface area contributed by atoms with E-state index >= 15 is 0 Å². The molecule has 0 saturated heterocycles. The van der Waals surface area contributed by atoms with Gasteiger partial charge < -0.3 is 9.64 Å². The molecule has 0 N–H and O–H groups in total. The Morgan fingerprint density at radius 3 is 2.39 bits per heavy atom. The van der Waals surface area contributed by atoms with E-state index in [2.05, 4.69) is 0 Å². The second-order valence-electron chi connectivity index (χ2n) is 4.43. The summed E-state index contributed by atoms with van der Waals surface area (Å²) in [5.41, 5.74) is 0.142. The second-order valence-corrected chi connectivity index (χ2v) is 4.43. The van der Waals surface area contributed by atoms with Crippen LogP contribution in [0, 0.1) is 0 Å². The molecule has 102 valence electrons. The topological polar surface area (TPSA) is 12.5 Å². The Morgan fingerprint density at radius 1 is 1.22 bits per heavy atom. The molecule has 1 aromatic carbocycles. The van der Waals surface area contributed by atoms with Crippen LogP contribution in [0.5, 0.6) is 5.75 Å². The lowest BCUT2D eigenvalue weighted by Crippen LogP contribution is -2.13. The zero-order valence-electron chi connectivity index (χ0n) is 10.8. The molecule has 0 radical (unpaired) electrons. The molecule has 0 aromatic heterocycles. The Balaban J connectivity index is 2.81. The molecule has 1 aromatic rings. The summed E-state index contributed by atoms with van der Waals surface area (Å²) in [5, 5.41) is 0. The minimum Gasteiger partial charge on any atom is -0.496 e. The van der Waals surface area contributed by atoms with Crippen molar-refractivity contribution < 1.29 is 17.9 Å². The summed E-state index contributed by atoms with van der Waals surface area (Å²) in [4.78, 5) is 2.04. The van der Waals surface area contributed by atoms with Gasteiger partial charge in [-0.05, 0) is 51.2 Å². The quantitative estimate of drug-likeness (QED) is 0.807. The van der Waals surface area contributed by atoms with Crippen LogP contribution in [0.1, 0.15) is 17.5 Å². The number of hydrogen-bond acceptors (Lipinski definition) is 2. The smallest absolute Gasteiger partial charge is 0.416 e. The first-order valence-electron chi connectivity index (χ1n) is 5.73.